The number of hydrogen-bond acceptors (Lipinski definition) is 3. The lowest BCUT2D eigenvalue weighted by atomic mass is 9.67. The van der Waals surface area contributed by atoms with Gasteiger partial charge in [0, 0.05) is 22.4 Å². The summed E-state index contributed by atoms with van der Waals surface area (Å²) in [6.45, 7) is 4.67. The fourth-order valence-corrected chi connectivity index (χ4v) is 9.57. The van der Waals surface area contributed by atoms with Gasteiger partial charge in [0.15, 0.2) is 0 Å². The maximum absolute atomic E-state index is 9.82. The molecule has 2 aliphatic carbocycles. The van der Waals surface area contributed by atoms with Crippen LogP contribution in [0.3, 0.4) is 0 Å². The molecule has 0 aliphatic heterocycles. The van der Waals surface area contributed by atoms with Crippen molar-refractivity contribution in [3.8, 4) is 45.5 Å². The molecule has 0 saturated carbocycles. The van der Waals surface area contributed by atoms with Crippen molar-refractivity contribution in [2.75, 3.05) is 4.90 Å². The van der Waals surface area contributed by atoms with Crippen LogP contribution in [0.4, 0.5) is 17.1 Å². The Bertz CT molecular complexity index is 2890. The molecule has 10 rings (SSSR count). The first-order valence-corrected chi connectivity index (χ1v) is 19.4. The fourth-order valence-electron chi connectivity index (χ4n) is 9.57. The predicted octanol–water partition coefficient (Wildman–Crippen LogP) is 13.2. The van der Waals surface area contributed by atoms with Crippen molar-refractivity contribution in [1.29, 1.82) is 10.5 Å². The van der Waals surface area contributed by atoms with E-state index in [0.717, 1.165) is 50.4 Å². The van der Waals surface area contributed by atoms with Crippen LogP contribution in [0.2, 0.25) is 0 Å². The van der Waals surface area contributed by atoms with Crippen LogP contribution in [0.25, 0.3) is 33.4 Å². The molecule has 0 saturated heterocycles. The van der Waals surface area contributed by atoms with Crippen LogP contribution < -0.4 is 4.90 Å². The van der Waals surface area contributed by atoms with Crippen molar-refractivity contribution in [3.63, 3.8) is 0 Å². The van der Waals surface area contributed by atoms with E-state index in [4.69, 9.17) is 0 Å². The number of nitrogens with zero attached hydrogens (tertiary/aromatic N) is 3. The monoisotopic (exact) mass is 727 g/mol. The first kappa shape index (κ1) is 34.1. The van der Waals surface area contributed by atoms with Gasteiger partial charge in [-0.15, -0.1) is 0 Å². The first-order chi connectivity index (χ1) is 27.9. The highest BCUT2D eigenvalue weighted by Gasteiger charge is 2.46. The highest BCUT2D eigenvalue weighted by atomic mass is 15.1. The van der Waals surface area contributed by atoms with Crippen LogP contribution in [-0.2, 0) is 10.8 Å². The predicted molar refractivity (Wildman–Crippen MR) is 231 cm³/mol. The molecule has 0 atom stereocenters. The van der Waals surface area contributed by atoms with Gasteiger partial charge in [-0.3, -0.25) is 0 Å². The number of para-hydroxylation sites is 1. The highest BCUT2D eigenvalue weighted by molar-refractivity contribution is 5.93. The molecule has 0 bridgehead atoms. The largest absolute Gasteiger partial charge is 0.310 e. The van der Waals surface area contributed by atoms with E-state index in [-0.39, 0.29) is 5.41 Å². The maximum atomic E-state index is 9.82. The lowest BCUT2D eigenvalue weighted by Crippen LogP contribution is -2.29. The average molecular weight is 728 g/mol. The molecular formula is C54H37N3. The quantitative estimate of drug-likeness (QED) is 0.171. The summed E-state index contributed by atoms with van der Waals surface area (Å²) in [4.78, 5) is 2.42. The molecule has 0 heterocycles. The summed E-state index contributed by atoms with van der Waals surface area (Å²) in [5, 5.41) is 19.6. The van der Waals surface area contributed by atoms with E-state index < -0.39 is 5.41 Å². The number of rotatable bonds is 6. The molecule has 57 heavy (non-hydrogen) atoms. The number of nitriles is 2. The first-order valence-electron chi connectivity index (χ1n) is 19.4. The summed E-state index contributed by atoms with van der Waals surface area (Å²) in [6.07, 6.45) is 0. The number of benzene rings is 8. The van der Waals surface area contributed by atoms with E-state index in [2.05, 4.69) is 195 Å². The fraction of sp³-hybridized carbons (Fsp3) is 0.0741. The van der Waals surface area contributed by atoms with Crippen LogP contribution in [0, 0.1) is 22.7 Å². The smallest absolute Gasteiger partial charge is 0.0991 e. The van der Waals surface area contributed by atoms with Crippen LogP contribution in [-0.4, -0.2) is 0 Å². The molecule has 3 heteroatoms. The van der Waals surface area contributed by atoms with Gasteiger partial charge >= 0.3 is 0 Å². The van der Waals surface area contributed by atoms with E-state index >= 15 is 0 Å². The molecule has 3 nitrogen and oxygen atoms in total. The Kier molecular flexibility index (Phi) is 7.82. The summed E-state index contributed by atoms with van der Waals surface area (Å²) in [5.41, 5.74) is 17.8. The van der Waals surface area contributed by atoms with Gasteiger partial charge in [-0.05, 0) is 116 Å². The van der Waals surface area contributed by atoms with E-state index in [1.165, 1.54) is 33.4 Å². The summed E-state index contributed by atoms with van der Waals surface area (Å²) >= 11 is 0. The minimum absolute atomic E-state index is 0.174. The molecule has 8 aromatic rings. The Labute approximate surface area is 334 Å². The molecule has 0 N–H and O–H groups in total. The van der Waals surface area contributed by atoms with E-state index in [9.17, 15) is 10.5 Å². The number of anilines is 3. The zero-order valence-electron chi connectivity index (χ0n) is 31.7. The molecule has 0 amide bonds. The Balaban J connectivity index is 1.26. The second kappa shape index (κ2) is 13.1. The van der Waals surface area contributed by atoms with Crippen molar-refractivity contribution in [2.45, 2.75) is 24.7 Å². The SMILES string of the molecule is CC1(C)c2ccccc2-c2ccc(N(c3ccc4c(c3)C(c3ccc(C#N)cc3)(c3ccc(C#N)cc3)c3ccccc3-4)c3ccccc3-c3ccccc3)cc21. The van der Waals surface area contributed by atoms with Gasteiger partial charge in [0.2, 0.25) is 0 Å². The van der Waals surface area contributed by atoms with Gasteiger partial charge in [-0.2, -0.15) is 10.5 Å². The third-order valence-electron chi connectivity index (χ3n) is 12.2. The van der Waals surface area contributed by atoms with Crippen molar-refractivity contribution >= 4 is 17.1 Å². The Morgan fingerprint density at radius 3 is 1.46 bits per heavy atom. The van der Waals surface area contributed by atoms with Crippen molar-refractivity contribution in [2.24, 2.45) is 0 Å². The zero-order chi connectivity index (χ0) is 38.7. The minimum atomic E-state index is -0.726. The molecule has 268 valence electrons. The highest BCUT2D eigenvalue weighted by Crippen LogP contribution is 2.58. The van der Waals surface area contributed by atoms with Crippen LogP contribution in [0.5, 0.6) is 0 Å². The van der Waals surface area contributed by atoms with Gasteiger partial charge in [-0.25, -0.2) is 0 Å². The van der Waals surface area contributed by atoms with Gasteiger partial charge in [0.25, 0.3) is 0 Å². The standard InChI is InChI=1S/C54H37N3/c1-53(2)48-17-9-6-15-44(48)46-30-28-41(32-50(46)53)57(52-19-11-8-14-43(52)38-12-4-3-5-13-38)42-29-31-47-45-16-7-10-18-49(45)54(51(47)33-42,39-24-20-36(34-55)21-25-39)40-26-22-37(35-56)23-27-40/h3-33H,1-2H3. The van der Waals surface area contributed by atoms with Crippen LogP contribution in [0.15, 0.2) is 188 Å². The molecule has 0 spiro atoms. The summed E-state index contributed by atoms with van der Waals surface area (Å²) < 4.78 is 0. The molecule has 0 unspecified atom stereocenters. The Morgan fingerprint density at radius 2 is 0.860 bits per heavy atom. The molecule has 0 radical (unpaired) electrons. The third-order valence-corrected chi connectivity index (χ3v) is 12.2. The van der Waals surface area contributed by atoms with Crippen LogP contribution in [0.1, 0.15) is 58.4 Å². The van der Waals surface area contributed by atoms with Crippen molar-refractivity contribution < 1.29 is 0 Å². The van der Waals surface area contributed by atoms with Crippen LogP contribution >= 0.6 is 0 Å². The lowest BCUT2D eigenvalue weighted by molar-refractivity contribution is 0.660. The van der Waals surface area contributed by atoms with Gasteiger partial charge in [0.05, 0.1) is 34.4 Å². The molecule has 0 fully saturated rings. The van der Waals surface area contributed by atoms with E-state index in [0.29, 0.717) is 11.1 Å². The number of hydrogen-bond donors (Lipinski definition) is 0. The Morgan fingerprint density at radius 1 is 0.404 bits per heavy atom. The minimum Gasteiger partial charge on any atom is -0.310 e. The third kappa shape index (κ3) is 5.10. The zero-order valence-corrected chi connectivity index (χ0v) is 31.7. The van der Waals surface area contributed by atoms with E-state index in [1.807, 2.05) is 24.3 Å². The van der Waals surface area contributed by atoms with Gasteiger partial charge < -0.3 is 4.90 Å². The second-order valence-electron chi connectivity index (χ2n) is 15.5. The van der Waals surface area contributed by atoms with Crippen molar-refractivity contribution in [1.82, 2.24) is 0 Å². The second-order valence-corrected chi connectivity index (χ2v) is 15.5. The van der Waals surface area contributed by atoms with Gasteiger partial charge in [-0.1, -0.05) is 147 Å². The summed E-state index contributed by atoms with van der Waals surface area (Å²) in [7, 11) is 0. The normalized spacial score (nSPS) is 13.7. The Hall–Kier alpha value is -7.46. The summed E-state index contributed by atoms with van der Waals surface area (Å²) in [5.74, 6) is 0. The van der Waals surface area contributed by atoms with Gasteiger partial charge in [0.1, 0.15) is 0 Å². The maximum Gasteiger partial charge on any atom is 0.0991 e. The summed E-state index contributed by atoms with van der Waals surface area (Å²) in [6, 6.07) is 71.3. The van der Waals surface area contributed by atoms with Crippen molar-refractivity contribution in [3.05, 3.63) is 233 Å². The molecule has 8 aromatic carbocycles. The topological polar surface area (TPSA) is 50.8 Å². The molecular weight excluding hydrogens is 691 g/mol. The number of fused-ring (bicyclic) bond motifs is 6. The van der Waals surface area contributed by atoms with E-state index in [1.54, 1.807) is 0 Å². The molecule has 2 aliphatic rings. The average Bonchev–Trinajstić information content (AvgIpc) is 3.69. The lowest BCUT2D eigenvalue weighted by Gasteiger charge is -2.35. The molecule has 0 aromatic heterocycles.